The second-order valence-electron chi connectivity index (χ2n) is 8.41. The molecule has 2 saturated heterocycles. The van der Waals surface area contributed by atoms with Gasteiger partial charge in [-0.2, -0.15) is 0 Å². The molecular formula is C18H32N2O5. The molecule has 1 amide bonds. The highest BCUT2D eigenvalue weighted by molar-refractivity contribution is 5.68. The molecule has 2 aliphatic heterocycles. The number of carbonyl (C=O) groups excluding carboxylic acids is 1. The van der Waals surface area contributed by atoms with Gasteiger partial charge in [0.2, 0.25) is 0 Å². The number of ether oxygens (including phenoxy) is 2. The minimum absolute atomic E-state index is 0.0779. The average Bonchev–Trinajstić information content (AvgIpc) is 3.21. The van der Waals surface area contributed by atoms with Gasteiger partial charge in [0.15, 0.2) is 0 Å². The van der Waals surface area contributed by atoms with Gasteiger partial charge in [0, 0.05) is 33.1 Å². The van der Waals surface area contributed by atoms with Crippen LogP contribution >= 0.6 is 0 Å². The first kappa shape index (κ1) is 20.0. The van der Waals surface area contributed by atoms with E-state index in [-0.39, 0.29) is 17.3 Å². The van der Waals surface area contributed by atoms with E-state index in [1.54, 1.807) is 0 Å². The molecule has 1 saturated carbocycles. The second-order valence-corrected chi connectivity index (χ2v) is 8.41. The van der Waals surface area contributed by atoms with Gasteiger partial charge in [-0.1, -0.05) is 0 Å². The van der Waals surface area contributed by atoms with Gasteiger partial charge in [-0.05, 0) is 52.9 Å². The lowest BCUT2D eigenvalue weighted by Crippen LogP contribution is -2.55. The van der Waals surface area contributed by atoms with E-state index in [1.807, 2.05) is 25.7 Å². The first-order valence-electron chi connectivity index (χ1n) is 9.13. The fourth-order valence-electron chi connectivity index (χ4n) is 3.42. The third kappa shape index (κ3) is 6.15. The Morgan fingerprint density at radius 3 is 2.16 bits per heavy atom. The van der Waals surface area contributed by atoms with Crippen LogP contribution < -0.4 is 5.32 Å². The summed E-state index contributed by atoms with van der Waals surface area (Å²) in [5.74, 6) is -0.833. The van der Waals surface area contributed by atoms with Crippen molar-refractivity contribution in [1.29, 1.82) is 0 Å². The summed E-state index contributed by atoms with van der Waals surface area (Å²) in [6.07, 6.45) is 5.08. The monoisotopic (exact) mass is 356 g/mol. The van der Waals surface area contributed by atoms with Crippen LogP contribution in [0.3, 0.4) is 0 Å². The van der Waals surface area contributed by atoms with Gasteiger partial charge in [-0.15, -0.1) is 0 Å². The lowest BCUT2D eigenvalue weighted by atomic mass is 9.92. The van der Waals surface area contributed by atoms with Crippen LogP contribution in [0.15, 0.2) is 0 Å². The number of rotatable bonds is 0. The number of hydrogen-bond donors (Lipinski definition) is 2. The van der Waals surface area contributed by atoms with E-state index in [0.29, 0.717) is 0 Å². The summed E-state index contributed by atoms with van der Waals surface area (Å²) in [6, 6.07) is 0. The van der Waals surface area contributed by atoms with Crippen molar-refractivity contribution in [3.63, 3.8) is 0 Å². The Morgan fingerprint density at radius 1 is 1.08 bits per heavy atom. The Hall–Kier alpha value is -1.34. The first-order chi connectivity index (χ1) is 11.5. The number of morpholine rings is 1. The highest BCUT2D eigenvalue weighted by Gasteiger charge is 2.53. The molecule has 3 aliphatic rings. The fraction of sp³-hybridized carbons (Fsp3) is 0.889. The van der Waals surface area contributed by atoms with Crippen LogP contribution in [0.5, 0.6) is 0 Å². The summed E-state index contributed by atoms with van der Waals surface area (Å²) in [4.78, 5) is 23.1. The third-order valence-electron chi connectivity index (χ3n) is 4.68. The van der Waals surface area contributed by atoms with Crippen LogP contribution in [-0.4, -0.2) is 65.1 Å². The van der Waals surface area contributed by atoms with E-state index in [0.717, 1.165) is 52.4 Å². The van der Waals surface area contributed by atoms with Crippen molar-refractivity contribution in [3.8, 4) is 0 Å². The summed E-state index contributed by atoms with van der Waals surface area (Å²) in [6.45, 7) is 10.2. The van der Waals surface area contributed by atoms with Gasteiger partial charge in [-0.25, -0.2) is 4.79 Å². The van der Waals surface area contributed by atoms with Crippen molar-refractivity contribution in [3.05, 3.63) is 0 Å². The number of carbonyl (C=O) groups is 2. The van der Waals surface area contributed by atoms with Crippen LogP contribution in [0.4, 0.5) is 4.79 Å². The van der Waals surface area contributed by atoms with Crippen molar-refractivity contribution in [1.82, 2.24) is 10.2 Å². The van der Waals surface area contributed by atoms with Gasteiger partial charge in [0.25, 0.3) is 5.97 Å². The Kier molecular flexibility index (Phi) is 5.99. The van der Waals surface area contributed by atoms with Gasteiger partial charge < -0.3 is 24.8 Å². The van der Waals surface area contributed by atoms with Crippen LogP contribution in [-0.2, 0) is 14.3 Å². The van der Waals surface area contributed by atoms with Gasteiger partial charge in [0.1, 0.15) is 5.60 Å². The number of aliphatic carboxylic acids is 1. The van der Waals surface area contributed by atoms with Crippen molar-refractivity contribution in [2.24, 2.45) is 0 Å². The summed E-state index contributed by atoms with van der Waals surface area (Å²) in [5, 5.41) is 11.0. The van der Waals surface area contributed by atoms with Crippen molar-refractivity contribution in [2.75, 3.05) is 26.2 Å². The largest absolute Gasteiger partial charge is 0.481 e. The van der Waals surface area contributed by atoms with Gasteiger partial charge in [-0.3, -0.25) is 4.79 Å². The SMILES string of the molecule is CC(=O)O.CC(C)(C)OC(=O)N1CCCC2(CC1)CNCC1(CC1)O2. The minimum atomic E-state index is -0.833. The normalized spacial score (nSPS) is 27.9. The Morgan fingerprint density at radius 2 is 1.64 bits per heavy atom. The molecule has 0 radical (unpaired) electrons. The average molecular weight is 356 g/mol. The van der Waals surface area contributed by atoms with E-state index in [4.69, 9.17) is 19.4 Å². The zero-order valence-electron chi connectivity index (χ0n) is 15.9. The molecule has 1 unspecified atom stereocenters. The molecule has 3 rings (SSSR count). The topological polar surface area (TPSA) is 88.1 Å². The number of carboxylic acid groups (broad SMARTS) is 1. The van der Waals surface area contributed by atoms with Crippen LogP contribution in [0.25, 0.3) is 0 Å². The predicted octanol–water partition coefficient (Wildman–Crippen LogP) is 2.39. The van der Waals surface area contributed by atoms with Gasteiger partial charge in [0.05, 0.1) is 11.2 Å². The van der Waals surface area contributed by atoms with E-state index in [1.165, 1.54) is 12.8 Å². The van der Waals surface area contributed by atoms with Crippen molar-refractivity contribution >= 4 is 12.1 Å². The number of hydrogen-bond acceptors (Lipinski definition) is 5. The van der Waals surface area contributed by atoms with Crippen molar-refractivity contribution < 1.29 is 24.2 Å². The third-order valence-corrected chi connectivity index (χ3v) is 4.68. The maximum atomic E-state index is 12.2. The molecule has 7 heteroatoms. The van der Waals surface area contributed by atoms with Crippen LogP contribution in [0.1, 0.15) is 59.8 Å². The molecule has 1 atom stereocenters. The molecule has 7 nitrogen and oxygen atoms in total. The number of nitrogens with one attached hydrogen (secondary N) is 1. The maximum absolute atomic E-state index is 12.2. The Bertz CT molecular complexity index is 494. The molecule has 0 bridgehead atoms. The zero-order chi connectivity index (χ0) is 18.7. The molecule has 1 aliphatic carbocycles. The van der Waals surface area contributed by atoms with E-state index < -0.39 is 11.6 Å². The molecule has 0 aromatic heterocycles. The summed E-state index contributed by atoms with van der Waals surface area (Å²) >= 11 is 0. The molecule has 25 heavy (non-hydrogen) atoms. The van der Waals surface area contributed by atoms with E-state index in [9.17, 15) is 4.79 Å². The molecule has 2 N–H and O–H groups in total. The standard InChI is InChI=1S/C16H28N2O3.C2H4O2/c1-14(2,3)20-13(19)18-9-4-5-15(8-10-18)11-17-12-16(21-15)6-7-16;1-2(3)4/h17H,4-12H2,1-3H3;1H3,(H,3,4). The summed E-state index contributed by atoms with van der Waals surface area (Å²) < 4.78 is 12.0. The molecular weight excluding hydrogens is 324 g/mol. The highest BCUT2D eigenvalue weighted by Crippen LogP contribution is 2.46. The zero-order valence-corrected chi connectivity index (χ0v) is 15.9. The lowest BCUT2D eigenvalue weighted by Gasteiger charge is -2.42. The predicted molar refractivity (Wildman–Crippen MR) is 93.6 cm³/mol. The minimum Gasteiger partial charge on any atom is -0.481 e. The highest BCUT2D eigenvalue weighted by atomic mass is 16.6. The molecule has 0 aromatic carbocycles. The van der Waals surface area contributed by atoms with E-state index >= 15 is 0 Å². The smallest absolute Gasteiger partial charge is 0.410 e. The van der Waals surface area contributed by atoms with Crippen LogP contribution in [0.2, 0.25) is 0 Å². The number of carboxylic acids is 1. The quantitative estimate of drug-likeness (QED) is 0.693. The Balaban J connectivity index is 0.000000511. The van der Waals surface area contributed by atoms with Crippen molar-refractivity contribution in [2.45, 2.75) is 76.6 Å². The second kappa shape index (κ2) is 7.50. The van der Waals surface area contributed by atoms with Crippen LogP contribution in [0, 0.1) is 0 Å². The molecule has 3 fully saturated rings. The molecule has 144 valence electrons. The van der Waals surface area contributed by atoms with E-state index in [2.05, 4.69) is 5.32 Å². The summed E-state index contributed by atoms with van der Waals surface area (Å²) in [7, 11) is 0. The summed E-state index contributed by atoms with van der Waals surface area (Å²) in [5.41, 5.74) is -0.396. The fourth-order valence-corrected chi connectivity index (χ4v) is 3.42. The lowest BCUT2D eigenvalue weighted by molar-refractivity contribution is -0.137. The number of amides is 1. The molecule has 0 aromatic rings. The maximum Gasteiger partial charge on any atom is 0.410 e. The Labute approximate surface area is 150 Å². The first-order valence-corrected chi connectivity index (χ1v) is 9.13. The van der Waals surface area contributed by atoms with Gasteiger partial charge >= 0.3 is 6.09 Å². The number of likely N-dealkylation sites (tertiary alicyclic amines) is 1. The molecule has 2 heterocycles. The number of nitrogens with zero attached hydrogens (tertiary/aromatic N) is 1. The molecule has 2 spiro atoms.